The first-order chi connectivity index (χ1) is 13.8. The third-order valence-corrected chi connectivity index (χ3v) is 5.72. The van der Waals surface area contributed by atoms with Gasteiger partial charge in [-0.15, -0.1) is 11.3 Å². The second-order valence-electron chi connectivity index (χ2n) is 7.31. The number of carbonyl (C=O) groups excluding carboxylic acids is 2. The van der Waals surface area contributed by atoms with Crippen molar-refractivity contribution in [3.8, 4) is 0 Å². The summed E-state index contributed by atoms with van der Waals surface area (Å²) in [6.07, 6.45) is 0. The number of fused-ring (bicyclic) bond motifs is 1. The number of thiazole rings is 1. The number of nitrogens with one attached hydrogen (secondary N) is 1. The van der Waals surface area contributed by atoms with Gasteiger partial charge < -0.3 is 10.2 Å². The molecule has 1 N–H and O–H groups in total. The molecule has 0 saturated heterocycles. The van der Waals surface area contributed by atoms with Crippen molar-refractivity contribution in [2.24, 2.45) is 0 Å². The number of aromatic nitrogens is 1. The Kier molecular flexibility index (Phi) is 6.61. The maximum Gasteiger partial charge on any atom is 0.238 e. The second-order valence-corrected chi connectivity index (χ2v) is 8.43. The highest BCUT2D eigenvalue weighted by molar-refractivity contribution is 7.18. The van der Waals surface area contributed by atoms with E-state index in [4.69, 9.17) is 0 Å². The molecule has 2 aromatic carbocycles. The van der Waals surface area contributed by atoms with Crippen LogP contribution in [0.15, 0.2) is 42.5 Å². The molecule has 1 heterocycles. The van der Waals surface area contributed by atoms with Crippen LogP contribution in [-0.2, 0) is 16.1 Å². The van der Waals surface area contributed by atoms with Gasteiger partial charge in [-0.25, -0.2) is 4.98 Å². The average Bonchev–Trinajstić information content (AvgIpc) is 3.06. The normalized spacial score (nSPS) is 11.1. The highest BCUT2D eigenvalue weighted by Gasteiger charge is 2.16. The number of amides is 2. The number of benzene rings is 2. The van der Waals surface area contributed by atoms with Crippen LogP contribution in [0.1, 0.15) is 16.1 Å². The minimum Gasteiger partial charge on any atom is -0.338 e. The number of carbonyl (C=O) groups is 2. The Balaban J connectivity index is 1.52. The van der Waals surface area contributed by atoms with Gasteiger partial charge in [0.1, 0.15) is 5.01 Å². The van der Waals surface area contributed by atoms with Gasteiger partial charge in [-0.3, -0.25) is 14.5 Å². The fourth-order valence-electron chi connectivity index (χ4n) is 3.12. The molecular weight excluding hydrogens is 384 g/mol. The first-order valence-electron chi connectivity index (χ1n) is 9.46. The molecule has 3 aromatic rings. The van der Waals surface area contributed by atoms with E-state index in [0.717, 1.165) is 32.0 Å². The summed E-state index contributed by atoms with van der Waals surface area (Å²) in [5, 5.41) is 3.85. The molecule has 0 fully saturated rings. The summed E-state index contributed by atoms with van der Waals surface area (Å²) in [7, 11) is 3.53. The van der Waals surface area contributed by atoms with E-state index in [-0.39, 0.29) is 24.9 Å². The third-order valence-electron chi connectivity index (χ3n) is 4.70. The minimum absolute atomic E-state index is 0.0494. The van der Waals surface area contributed by atoms with Gasteiger partial charge in [0.05, 0.1) is 29.9 Å². The molecule has 3 rings (SSSR count). The fraction of sp³-hybridized carbons (Fsp3) is 0.318. The molecule has 0 spiro atoms. The Morgan fingerprint density at radius 2 is 1.69 bits per heavy atom. The molecule has 152 valence electrons. The number of para-hydroxylation sites is 2. The van der Waals surface area contributed by atoms with Crippen molar-refractivity contribution in [3.05, 3.63) is 58.6 Å². The molecule has 0 bridgehead atoms. The highest BCUT2D eigenvalue weighted by Crippen LogP contribution is 2.22. The van der Waals surface area contributed by atoms with E-state index in [1.807, 2.05) is 56.3 Å². The van der Waals surface area contributed by atoms with Crippen LogP contribution in [0.3, 0.4) is 0 Å². The van der Waals surface area contributed by atoms with Crippen LogP contribution in [-0.4, -0.2) is 53.8 Å². The molecule has 7 heteroatoms. The number of hydrogen-bond acceptors (Lipinski definition) is 5. The SMILES string of the molecule is Cc1cccc(C)c1NC(=O)CN(C)CC(=O)N(C)Cc1nc2ccccc2s1. The molecule has 6 nitrogen and oxygen atoms in total. The van der Waals surface area contributed by atoms with Crippen LogP contribution in [0.4, 0.5) is 5.69 Å². The van der Waals surface area contributed by atoms with E-state index < -0.39 is 0 Å². The fourth-order valence-corrected chi connectivity index (χ4v) is 4.14. The van der Waals surface area contributed by atoms with Crippen molar-refractivity contribution in [1.82, 2.24) is 14.8 Å². The van der Waals surface area contributed by atoms with Crippen LogP contribution in [0.5, 0.6) is 0 Å². The Labute approximate surface area is 175 Å². The molecular formula is C22H26N4O2S. The number of anilines is 1. The molecule has 2 amide bonds. The van der Waals surface area contributed by atoms with Gasteiger partial charge >= 0.3 is 0 Å². The summed E-state index contributed by atoms with van der Waals surface area (Å²) >= 11 is 1.59. The lowest BCUT2D eigenvalue weighted by Gasteiger charge is -2.21. The van der Waals surface area contributed by atoms with Crippen LogP contribution in [0.2, 0.25) is 0 Å². The van der Waals surface area contributed by atoms with Crippen molar-refractivity contribution < 1.29 is 9.59 Å². The number of aryl methyl sites for hydroxylation is 2. The van der Waals surface area contributed by atoms with Crippen molar-refractivity contribution in [2.45, 2.75) is 20.4 Å². The van der Waals surface area contributed by atoms with Gasteiger partial charge in [0.25, 0.3) is 0 Å². The third kappa shape index (κ3) is 5.40. The van der Waals surface area contributed by atoms with Gasteiger partial charge in [0, 0.05) is 12.7 Å². The first-order valence-corrected chi connectivity index (χ1v) is 10.3. The number of nitrogens with zero attached hydrogens (tertiary/aromatic N) is 3. The highest BCUT2D eigenvalue weighted by atomic mass is 32.1. The van der Waals surface area contributed by atoms with Crippen LogP contribution < -0.4 is 5.32 Å². The topological polar surface area (TPSA) is 65.5 Å². The lowest BCUT2D eigenvalue weighted by molar-refractivity contribution is -0.131. The monoisotopic (exact) mass is 410 g/mol. The Bertz CT molecular complexity index is 977. The molecule has 0 atom stereocenters. The maximum absolute atomic E-state index is 12.6. The summed E-state index contributed by atoms with van der Waals surface area (Å²) in [5.41, 5.74) is 3.83. The zero-order valence-electron chi connectivity index (χ0n) is 17.2. The van der Waals surface area contributed by atoms with Gasteiger partial charge in [-0.05, 0) is 44.2 Å². The molecule has 0 aliphatic heterocycles. The van der Waals surface area contributed by atoms with E-state index in [0.29, 0.717) is 6.54 Å². The van der Waals surface area contributed by atoms with Crippen LogP contribution in [0, 0.1) is 13.8 Å². The van der Waals surface area contributed by atoms with Gasteiger partial charge in [0.15, 0.2) is 0 Å². The lowest BCUT2D eigenvalue weighted by Crippen LogP contribution is -2.39. The van der Waals surface area contributed by atoms with Gasteiger partial charge in [0.2, 0.25) is 11.8 Å². The van der Waals surface area contributed by atoms with E-state index in [1.165, 1.54) is 0 Å². The molecule has 1 aromatic heterocycles. The molecule has 29 heavy (non-hydrogen) atoms. The summed E-state index contributed by atoms with van der Waals surface area (Å²) in [4.78, 5) is 32.9. The first kappa shape index (κ1) is 21.0. The minimum atomic E-state index is -0.133. The van der Waals surface area contributed by atoms with E-state index in [1.54, 1.807) is 35.2 Å². The number of rotatable bonds is 7. The predicted octanol–water partition coefficient (Wildman–Crippen LogP) is 3.44. The zero-order valence-corrected chi connectivity index (χ0v) is 18.0. The van der Waals surface area contributed by atoms with Crippen molar-refractivity contribution in [3.63, 3.8) is 0 Å². The number of hydrogen-bond donors (Lipinski definition) is 1. The van der Waals surface area contributed by atoms with Gasteiger partial charge in [-0.1, -0.05) is 30.3 Å². The van der Waals surface area contributed by atoms with E-state index >= 15 is 0 Å². The summed E-state index contributed by atoms with van der Waals surface area (Å²) in [6, 6.07) is 13.8. The predicted molar refractivity (Wildman–Crippen MR) is 118 cm³/mol. The van der Waals surface area contributed by atoms with E-state index in [2.05, 4.69) is 10.3 Å². The summed E-state index contributed by atoms with van der Waals surface area (Å²) in [6.45, 7) is 4.70. The molecule has 0 saturated carbocycles. The Hall–Kier alpha value is -2.77. The molecule has 0 aliphatic carbocycles. The standard InChI is InChI=1S/C22H26N4O2S/c1-15-8-7-9-16(2)22(15)24-19(27)12-25(3)14-21(28)26(4)13-20-23-17-10-5-6-11-18(17)29-20/h5-11H,12-14H2,1-4H3,(H,24,27). The van der Waals surface area contributed by atoms with E-state index in [9.17, 15) is 9.59 Å². The van der Waals surface area contributed by atoms with Crippen molar-refractivity contribution >= 4 is 39.1 Å². The Morgan fingerprint density at radius 1 is 1.00 bits per heavy atom. The lowest BCUT2D eigenvalue weighted by atomic mass is 10.1. The average molecular weight is 411 g/mol. The van der Waals surface area contributed by atoms with Crippen LogP contribution in [0.25, 0.3) is 10.2 Å². The summed E-state index contributed by atoms with van der Waals surface area (Å²) in [5.74, 6) is -0.182. The molecule has 0 aliphatic rings. The van der Waals surface area contributed by atoms with Crippen molar-refractivity contribution in [1.29, 1.82) is 0 Å². The number of likely N-dealkylation sites (N-methyl/N-ethyl adjacent to an activating group) is 2. The smallest absolute Gasteiger partial charge is 0.238 e. The maximum atomic E-state index is 12.6. The summed E-state index contributed by atoms with van der Waals surface area (Å²) < 4.78 is 1.11. The zero-order chi connectivity index (χ0) is 21.0. The van der Waals surface area contributed by atoms with Crippen LogP contribution >= 0.6 is 11.3 Å². The molecule has 0 radical (unpaired) electrons. The largest absolute Gasteiger partial charge is 0.338 e. The Morgan fingerprint density at radius 3 is 2.38 bits per heavy atom. The quantitative estimate of drug-likeness (QED) is 0.648. The molecule has 0 unspecified atom stereocenters. The second kappa shape index (κ2) is 9.15. The van der Waals surface area contributed by atoms with Gasteiger partial charge in [-0.2, -0.15) is 0 Å². The van der Waals surface area contributed by atoms with Crippen molar-refractivity contribution in [2.75, 3.05) is 32.5 Å².